The number of piperidine rings is 1. The van der Waals surface area contributed by atoms with Gasteiger partial charge in [0.25, 0.3) is 0 Å². The number of hydrogen-bond acceptors (Lipinski definition) is 4. The van der Waals surface area contributed by atoms with Crippen molar-refractivity contribution in [3.05, 3.63) is 0 Å². The zero-order chi connectivity index (χ0) is 13.3. The molecular formula is C11H17N3O4. The van der Waals surface area contributed by atoms with Crippen LogP contribution in [-0.2, 0) is 14.4 Å². The molecule has 4 N–H and O–H groups in total. The number of nitrogens with zero attached hydrogens (tertiary/aromatic N) is 1. The molecule has 2 aliphatic heterocycles. The summed E-state index contributed by atoms with van der Waals surface area (Å²) in [7, 11) is 0. The van der Waals surface area contributed by atoms with Crippen LogP contribution in [0.5, 0.6) is 0 Å². The fraction of sp³-hybridized carbons (Fsp3) is 0.727. The minimum Gasteiger partial charge on any atom is -0.481 e. The summed E-state index contributed by atoms with van der Waals surface area (Å²) in [5.41, 5.74) is 5.59. The Balaban J connectivity index is 2.05. The van der Waals surface area contributed by atoms with E-state index in [2.05, 4.69) is 5.32 Å². The average Bonchev–Trinajstić information content (AvgIpc) is 2.69. The van der Waals surface area contributed by atoms with Crippen LogP contribution in [0.15, 0.2) is 0 Å². The van der Waals surface area contributed by atoms with Gasteiger partial charge in [-0.25, -0.2) is 0 Å². The van der Waals surface area contributed by atoms with Crippen molar-refractivity contribution in [2.75, 3.05) is 13.1 Å². The highest BCUT2D eigenvalue weighted by molar-refractivity contribution is 5.88. The molecule has 2 saturated heterocycles. The predicted molar refractivity (Wildman–Crippen MR) is 61.5 cm³/mol. The zero-order valence-corrected chi connectivity index (χ0v) is 9.96. The zero-order valence-electron chi connectivity index (χ0n) is 9.96. The number of carbonyl (C=O) groups excluding carboxylic acids is 2. The van der Waals surface area contributed by atoms with Gasteiger partial charge in [0.2, 0.25) is 11.8 Å². The predicted octanol–water partition coefficient (Wildman–Crippen LogP) is -1.47. The van der Waals surface area contributed by atoms with Gasteiger partial charge in [0.1, 0.15) is 0 Å². The van der Waals surface area contributed by atoms with E-state index in [1.165, 1.54) is 0 Å². The van der Waals surface area contributed by atoms with Crippen LogP contribution in [0.4, 0.5) is 0 Å². The molecule has 2 aliphatic rings. The number of rotatable bonds is 3. The highest BCUT2D eigenvalue weighted by atomic mass is 16.4. The first-order valence-corrected chi connectivity index (χ1v) is 6.06. The Bertz CT molecular complexity index is 384. The maximum Gasteiger partial charge on any atom is 0.305 e. The lowest BCUT2D eigenvalue weighted by Crippen LogP contribution is -2.54. The lowest BCUT2D eigenvalue weighted by atomic mass is 9.91. The molecule has 0 radical (unpaired) electrons. The van der Waals surface area contributed by atoms with E-state index >= 15 is 0 Å². The summed E-state index contributed by atoms with van der Waals surface area (Å²) in [5, 5.41) is 11.4. The van der Waals surface area contributed by atoms with Gasteiger partial charge >= 0.3 is 5.97 Å². The van der Waals surface area contributed by atoms with Crippen LogP contribution in [0.3, 0.4) is 0 Å². The maximum absolute atomic E-state index is 12.1. The summed E-state index contributed by atoms with van der Waals surface area (Å²) < 4.78 is 0. The summed E-state index contributed by atoms with van der Waals surface area (Å²) in [4.78, 5) is 35.8. The van der Waals surface area contributed by atoms with Gasteiger partial charge < -0.3 is 21.1 Å². The Hall–Kier alpha value is -1.63. The molecule has 18 heavy (non-hydrogen) atoms. The fourth-order valence-corrected chi connectivity index (χ4v) is 2.71. The summed E-state index contributed by atoms with van der Waals surface area (Å²) >= 11 is 0. The molecule has 100 valence electrons. The molecule has 0 aromatic carbocycles. The molecule has 7 heteroatoms. The average molecular weight is 255 g/mol. The number of fused-ring (bicyclic) bond motifs is 1. The van der Waals surface area contributed by atoms with Crippen LogP contribution in [0.1, 0.15) is 19.3 Å². The van der Waals surface area contributed by atoms with E-state index in [9.17, 15) is 14.4 Å². The molecule has 2 rings (SSSR count). The number of amides is 2. The molecule has 3 unspecified atom stereocenters. The van der Waals surface area contributed by atoms with Gasteiger partial charge in [-0.1, -0.05) is 0 Å². The summed E-state index contributed by atoms with van der Waals surface area (Å²) in [5.74, 6) is -1.65. The lowest BCUT2D eigenvalue weighted by Gasteiger charge is -2.37. The van der Waals surface area contributed by atoms with Gasteiger partial charge in [0, 0.05) is 13.1 Å². The van der Waals surface area contributed by atoms with Crippen LogP contribution < -0.4 is 11.1 Å². The molecule has 2 fully saturated rings. The minimum absolute atomic E-state index is 0.0238. The van der Waals surface area contributed by atoms with E-state index in [0.717, 1.165) is 12.8 Å². The van der Waals surface area contributed by atoms with Gasteiger partial charge in [-0.2, -0.15) is 0 Å². The molecule has 0 aromatic heterocycles. The number of carboxylic acid groups (broad SMARTS) is 1. The highest BCUT2D eigenvalue weighted by Gasteiger charge is 2.43. The van der Waals surface area contributed by atoms with E-state index in [1.54, 1.807) is 4.90 Å². The number of hydrogen-bond donors (Lipinski definition) is 3. The van der Waals surface area contributed by atoms with Crippen molar-refractivity contribution in [1.82, 2.24) is 10.2 Å². The second-order valence-corrected chi connectivity index (χ2v) is 4.80. The third-order valence-corrected chi connectivity index (χ3v) is 3.60. The first kappa shape index (κ1) is 12.8. The number of likely N-dealkylation sites (tertiary alicyclic amines) is 1. The van der Waals surface area contributed by atoms with Crippen LogP contribution in [0, 0.1) is 5.92 Å². The number of carbonyl (C=O) groups is 3. The maximum atomic E-state index is 12.1. The molecule has 7 nitrogen and oxygen atoms in total. The van der Waals surface area contributed by atoms with Gasteiger partial charge in [0.15, 0.2) is 0 Å². The molecule has 0 saturated carbocycles. The molecular weight excluding hydrogens is 238 g/mol. The first-order chi connectivity index (χ1) is 8.50. The summed E-state index contributed by atoms with van der Waals surface area (Å²) in [6.45, 7) is 0.983. The third-order valence-electron chi connectivity index (χ3n) is 3.60. The Morgan fingerprint density at radius 1 is 1.56 bits per heavy atom. The van der Waals surface area contributed by atoms with Gasteiger partial charge in [-0.3, -0.25) is 14.4 Å². The van der Waals surface area contributed by atoms with Crippen LogP contribution in [0.2, 0.25) is 0 Å². The van der Waals surface area contributed by atoms with E-state index < -0.39 is 12.0 Å². The minimum atomic E-state index is -1.09. The monoisotopic (exact) mass is 255 g/mol. The van der Waals surface area contributed by atoms with Crippen molar-refractivity contribution in [2.24, 2.45) is 11.7 Å². The van der Waals surface area contributed by atoms with Crippen LogP contribution >= 0.6 is 0 Å². The molecule has 0 bridgehead atoms. The summed E-state index contributed by atoms with van der Waals surface area (Å²) in [6, 6.07) is -1.20. The van der Waals surface area contributed by atoms with Crippen molar-refractivity contribution in [3.63, 3.8) is 0 Å². The number of nitrogens with one attached hydrogen (secondary N) is 1. The third kappa shape index (κ3) is 2.31. The number of carboxylic acids is 1. The Morgan fingerprint density at radius 2 is 2.28 bits per heavy atom. The SMILES string of the molecule is NC(CC(=O)O)C(=O)N1CCCC2C(=O)NCC21. The Morgan fingerprint density at radius 3 is 2.94 bits per heavy atom. The molecule has 2 heterocycles. The van der Waals surface area contributed by atoms with Gasteiger partial charge in [0.05, 0.1) is 24.4 Å². The van der Waals surface area contributed by atoms with E-state index in [-0.39, 0.29) is 30.2 Å². The first-order valence-electron chi connectivity index (χ1n) is 6.06. The van der Waals surface area contributed by atoms with E-state index in [1.807, 2.05) is 0 Å². The lowest BCUT2D eigenvalue weighted by molar-refractivity contribution is -0.144. The largest absolute Gasteiger partial charge is 0.481 e. The van der Waals surface area contributed by atoms with Crippen molar-refractivity contribution >= 4 is 17.8 Å². The normalized spacial score (nSPS) is 28.5. The van der Waals surface area contributed by atoms with Gasteiger partial charge in [-0.05, 0) is 12.8 Å². The molecule has 2 amide bonds. The molecule has 3 atom stereocenters. The Kier molecular flexibility index (Phi) is 3.51. The standard InChI is InChI=1S/C11H17N3O4/c12-7(4-9(15)16)11(18)14-3-1-2-6-8(14)5-13-10(6)17/h6-8H,1-5,12H2,(H,13,17)(H,15,16). The second kappa shape index (κ2) is 4.93. The van der Waals surface area contributed by atoms with Crippen LogP contribution in [0.25, 0.3) is 0 Å². The van der Waals surface area contributed by atoms with Crippen molar-refractivity contribution in [2.45, 2.75) is 31.3 Å². The fourth-order valence-electron chi connectivity index (χ4n) is 2.71. The topological polar surface area (TPSA) is 113 Å². The molecule has 0 spiro atoms. The number of aliphatic carboxylic acids is 1. The van der Waals surface area contributed by atoms with E-state index in [4.69, 9.17) is 10.8 Å². The Labute approximate surface area is 104 Å². The highest BCUT2D eigenvalue weighted by Crippen LogP contribution is 2.27. The second-order valence-electron chi connectivity index (χ2n) is 4.80. The molecule has 0 aromatic rings. The van der Waals surface area contributed by atoms with Crippen molar-refractivity contribution in [3.8, 4) is 0 Å². The smallest absolute Gasteiger partial charge is 0.305 e. The summed E-state index contributed by atoms with van der Waals surface area (Å²) in [6.07, 6.45) is 1.14. The van der Waals surface area contributed by atoms with Crippen LogP contribution in [-0.4, -0.2) is 53.0 Å². The quantitative estimate of drug-likeness (QED) is 0.569. The number of nitrogens with two attached hydrogens (primary N) is 1. The van der Waals surface area contributed by atoms with E-state index in [0.29, 0.717) is 13.1 Å². The molecule has 0 aliphatic carbocycles. The van der Waals surface area contributed by atoms with Crippen molar-refractivity contribution < 1.29 is 19.5 Å². The van der Waals surface area contributed by atoms with Crippen molar-refractivity contribution in [1.29, 1.82) is 0 Å². The van der Waals surface area contributed by atoms with Gasteiger partial charge in [-0.15, -0.1) is 0 Å².